The minimum atomic E-state index is -0.847. The Bertz CT molecular complexity index is 456. The van der Waals surface area contributed by atoms with E-state index in [0.29, 0.717) is 11.4 Å². The van der Waals surface area contributed by atoms with Crippen LogP contribution in [0.2, 0.25) is 0 Å². The topological polar surface area (TPSA) is 49.8 Å². The van der Waals surface area contributed by atoms with Crippen LogP contribution in [0.4, 0.5) is 10.5 Å². The maximum Gasteiger partial charge on any atom is 0.417 e. The standard InChI is InChI=1S/C13H17NO3S/c1-13(2,3)17-12(16)14-9-6-4-5-7-10(9)18-8-11(14)15/h4-7,11,15H,8H2,1-3H3. The van der Waals surface area contributed by atoms with Gasteiger partial charge in [-0.15, -0.1) is 11.8 Å². The lowest BCUT2D eigenvalue weighted by molar-refractivity contribution is 0.0491. The number of aliphatic hydroxyl groups is 1. The summed E-state index contributed by atoms with van der Waals surface area (Å²) in [4.78, 5) is 14.4. The number of thioether (sulfide) groups is 1. The van der Waals surface area contributed by atoms with Crippen LogP contribution in [0, 0.1) is 0 Å². The van der Waals surface area contributed by atoms with Crippen molar-refractivity contribution in [3.8, 4) is 0 Å². The average Bonchev–Trinajstić information content (AvgIpc) is 2.26. The highest BCUT2D eigenvalue weighted by atomic mass is 32.2. The fourth-order valence-corrected chi connectivity index (χ4v) is 2.68. The summed E-state index contributed by atoms with van der Waals surface area (Å²) in [6, 6.07) is 7.50. The second-order valence-electron chi connectivity index (χ2n) is 5.11. The minimum absolute atomic E-state index is 0.455. The van der Waals surface area contributed by atoms with Crippen molar-refractivity contribution in [2.45, 2.75) is 37.5 Å². The third-order valence-electron chi connectivity index (χ3n) is 2.40. The number of carbonyl (C=O) groups excluding carboxylic acids is 1. The molecule has 4 nitrogen and oxygen atoms in total. The van der Waals surface area contributed by atoms with Crippen LogP contribution >= 0.6 is 11.8 Å². The van der Waals surface area contributed by atoms with Crippen molar-refractivity contribution in [1.82, 2.24) is 0 Å². The Morgan fingerprint density at radius 3 is 2.78 bits per heavy atom. The number of anilines is 1. The number of para-hydroxylation sites is 1. The molecule has 5 heteroatoms. The maximum atomic E-state index is 12.1. The van der Waals surface area contributed by atoms with Gasteiger partial charge in [-0.3, -0.25) is 0 Å². The lowest BCUT2D eigenvalue weighted by Gasteiger charge is -2.34. The van der Waals surface area contributed by atoms with Gasteiger partial charge in [0.15, 0.2) is 0 Å². The van der Waals surface area contributed by atoms with Crippen LogP contribution in [0.15, 0.2) is 29.2 Å². The largest absolute Gasteiger partial charge is 0.443 e. The molecular formula is C13H17NO3S. The Morgan fingerprint density at radius 1 is 1.44 bits per heavy atom. The first-order chi connectivity index (χ1) is 8.38. The number of nitrogens with zero attached hydrogens (tertiary/aromatic N) is 1. The summed E-state index contributed by atoms with van der Waals surface area (Å²) >= 11 is 1.54. The van der Waals surface area contributed by atoms with Gasteiger partial charge in [-0.1, -0.05) is 12.1 Å². The zero-order chi connectivity index (χ0) is 13.3. The molecule has 0 aromatic heterocycles. The van der Waals surface area contributed by atoms with Crippen LogP contribution in [0.3, 0.4) is 0 Å². The first kappa shape index (κ1) is 13.2. The van der Waals surface area contributed by atoms with Crippen molar-refractivity contribution in [2.75, 3.05) is 10.7 Å². The van der Waals surface area contributed by atoms with Gasteiger partial charge in [0.25, 0.3) is 0 Å². The SMILES string of the molecule is CC(C)(C)OC(=O)N1c2ccccc2SCC1O. The molecule has 1 aliphatic rings. The summed E-state index contributed by atoms with van der Waals surface area (Å²) in [6.07, 6.45) is -1.36. The summed E-state index contributed by atoms with van der Waals surface area (Å²) in [7, 11) is 0. The molecule has 1 aromatic rings. The highest BCUT2D eigenvalue weighted by molar-refractivity contribution is 7.99. The van der Waals surface area contributed by atoms with E-state index in [1.54, 1.807) is 0 Å². The van der Waals surface area contributed by atoms with E-state index in [-0.39, 0.29) is 0 Å². The number of hydrogen-bond donors (Lipinski definition) is 1. The van der Waals surface area contributed by atoms with Crippen molar-refractivity contribution < 1.29 is 14.6 Å². The van der Waals surface area contributed by atoms with E-state index in [0.717, 1.165) is 4.90 Å². The predicted molar refractivity (Wildman–Crippen MR) is 71.9 cm³/mol. The van der Waals surface area contributed by atoms with E-state index >= 15 is 0 Å². The molecular weight excluding hydrogens is 250 g/mol. The van der Waals surface area contributed by atoms with Crippen LogP contribution in [0.1, 0.15) is 20.8 Å². The molecule has 1 unspecified atom stereocenters. The van der Waals surface area contributed by atoms with Crippen molar-refractivity contribution >= 4 is 23.5 Å². The van der Waals surface area contributed by atoms with E-state index < -0.39 is 17.9 Å². The number of fused-ring (bicyclic) bond motifs is 1. The van der Waals surface area contributed by atoms with Gasteiger partial charge in [0.05, 0.1) is 5.69 Å². The first-order valence-electron chi connectivity index (χ1n) is 5.80. The van der Waals surface area contributed by atoms with Gasteiger partial charge in [-0.2, -0.15) is 0 Å². The zero-order valence-corrected chi connectivity index (χ0v) is 11.5. The first-order valence-corrected chi connectivity index (χ1v) is 6.79. The Balaban J connectivity index is 2.29. The summed E-state index contributed by atoms with van der Waals surface area (Å²) in [5, 5.41) is 9.99. The minimum Gasteiger partial charge on any atom is -0.443 e. The molecule has 18 heavy (non-hydrogen) atoms. The lowest BCUT2D eigenvalue weighted by atomic mass is 10.2. The molecule has 0 spiro atoms. The highest BCUT2D eigenvalue weighted by Crippen LogP contribution is 2.37. The molecule has 0 saturated heterocycles. The number of benzene rings is 1. The van der Waals surface area contributed by atoms with Gasteiger partial charge in [0, 0.05) is 10.6 Å². The summed E-state index contributed by atoms with van der Waals surface area (Å²) in [5.41, 5.74) is 0.131. The maximum absolute atomic E-state index is 12.1. The van der Waals surface area contributed by atoms with E-state index in [1.807, 2.05) is 45.0 Å². The van der Waals surface area contributed by atoms with Gasteiger partial charge in [0.2, 0.25) is 0 Å². The monoisotopic (exact) mass is 267 g/mol. The molecule has 1 amide bonds. The van der Waals surface area contributed by atoms with Crippen molar-refractivity contribution in [1.29, 1.82) is 0 Å². The normalized spacial score (nSPS) is 19.3. The zero-order valence-electron chi connectivity index (χ0n) is 10.7. The molecule has 0 radical (unpaired) electrons. The molecule has 98 valence electrons. The quantitative estimate of drug-likeness (QED) is 0.785. The smallest absolute Gasteiger partial charge is 0.417 e. The Morgan fingerprint density at radius 2 is 2.11 bits per heavy atom. The molecule has 1 aromatic carbocycles. The van der Waals surface area contributed by atoms with Gasteiger partial charge >= 0.3 is 6.09 Å². The van der Waals surface area contributed by atoms with E-state index in [9.17, 15) is 9.90 Å². The van der Waals surface area contributed by atoms with Crippen LogP contribution in [-0.4, -0.2) is 28.8 Å². The summed E-state index contributed by atoms with van der Waals surface area (Å²) in [6.45, 7) is 5.42. The molecule has 0 bridgehead atoms. The molecule has 1 heterocycles. The van der Waals surface area contributed by atoms with Gasteiger partial charge < -0.3 is 9.84 Å². The lowest BCUT2D eigenvalue weighted by Crippen LogP contribution is -2.46. The average molecular weight is 267 g/mol. The third kappa shape index (κ3) is 2.79. The molecule has 2 rings (SSSR count). The molecule has 0 aliphatic carbocycles. The third-order valence-corrected chi connectivity index (χ3v) is 3.52. The van der Waals surface area contributed by atoms with E-state index in [2.05, 4.69) is 0 Å². The van der Waals surface area contributed by atoms with Gasteiger partial charge in [-0.05, 0) is 32.9 Å². The van der Waals surface area contributed by atoms with Crippen LogP contribution < -0.4 is 4.90 Å². The van der Waals surface area contributed by atoms with Crippen molar-refractivity contribution in [2.24, 2.45) is 0 Å². The summed E-state index contributed by atoms with van der Waals surface area (Å²) < 4.78 is 5.32. The summed E-state index contributed by atoms with van der Waals surface area (Å²) in [5.74, 6) is 0.455. The number of rotatable bonds is 0. The number of carbonyl (C=O) groups is 1. The van der Waals surface area contributed by atoms with Gasteiger partial charge in [-0.25, -0.2) is 9.69 Å². The highest BCUT2D eigenvalue weighted by Gasteiger charge is 2.33. The molecule has 0 saturated carbocycles. The Kier molecular flexibility index (Phi) is 3.54. The fourth-order valence-electron chi connectivity index (χ4n) is 1.71. The number of aliphatic hydroxyl groups excluding tert-OH is 1. The number of amides is 1. The van der Waals surface area contributed by atoms with E-state index in [1.165, 1.54) is 16.7 Å². The predicted octanol–water partition coefficient (Wildman–Crippen LogP) is 2.85. The Hall–Kier alpha value is -1.20. The van der Waals surface area contributed by atoms with Gasteiger partial charge in [0.1, 0.15) is 11.8 Å². The molecule has 0 fully saturated rings. The van der Waals surface area contributed by atoms with Crippen LogP contribution in [0.5, 0.6) is 0 Å². The second kappa shape index (κ2) is 4.82. The molecule has 1 aliphatic heterocycles. The number of ether oxygens (including phenoxy) is 1. The molecule has 1 N–H and O–H groups in total. The Labute approximate surface area is 111 Å². The van der Waals surface area contributed by atoms with Crippen LogP contribution in [0.25, 0.3) is 0 Å². The van der Waals surface area contributed by atoms with Crippen LogP contribution in [-0.2, 0) is 4.74 Å². The second-order valence-corrected chi connectivity index (χ2v) is 6.17. The number of hydrogen-bond acceptors (Lipinski definition) is 4. The van der Waals surface area contributed by atoms with E-state index in [4.69, 9.17) is 4.74 Å². The van der Waals surface area contributed by atoms with Crippen molar-refractivity contribution in [3.63, 3.8) is 0 Å². The fraction of sp³-hybridized carbons (Fsp3) is 0.462. The molecule has 1 atom stereocenters. The van der Waals surface area contributed by atoms with Crippen molar-refractivity contribution in [3.05, 3.63) is 24.3 Å².